The number of carbonyl (C=O) groups is 2. The zero-order valence-electron chi connectivity index (χ0n) is 10.1. The number of amides is 1. The molecule has 1 aromatic rings. The first-order valence-electron chi connectivity index (χ1n) is 5.65. The molecule has 0 bridgehead atoms. The monoisotopic (exact) mass is 289 g/mol. The van der Waals surface area contributed by atoms with Crippen molar-refractivity contribution in [3.8, 4) is 5.75 Å². The van der Waals surface area contributed by atoms with Crippen molar-refractivity contribution in [3.05, 3.63) is 24.3 Å². The molecule has 2 rings (SSSR count). The summed E-state index contributed by atoms with van der Waals surface area (Å²) in [6.07, 6.45) is -4.99. The van der Waals surface area contributed by atoms with Crippen LogP contribution in [0.2, 0.25) is 0 Å². The number of halogens is 3. The number of anilines is 1. The van der Waals surface area contributed by atoms with Crippen LogP contribution in [0.3, 0.4) is 0 Å². The van der Waals surface area contributed by atoms with Crippen LogP contribution in [0.5, 0.6) is 5.75 Å². The summed E-state index contributed by atoms with van der Waals surface area (Å²) in [6.45, 7) is -0.0658. The Hall–Kier alpha value is -2.25. The van der Waals surface area contributed by atoms with E-state index in [4.69, 9.17) is 5.11 Å². The summed E-state index contributed by atoms with van der Waals surface area (Å²) in [6, 6.07) is 4.88. The number of hydrogen-bond donors (Lipinski definition) is 1. The number of rotatable bonds is 3. The fourth-order valence-electron chi connectivity index (χ4n) is 1.97. The third-order valence-electron chi connectivity index (χ3n) is 2.84. The highest BCUT2D eigenvalue weighted by Crippen LogP contribution is 2.30. The van der Waals surface area contributed by atoms with Crippen molar-refractivity contribution >= 4 is 17.6 Å². The summed E-state index contributed by atoms with van der Waals surface area (Å²) in [5, 5.41) is 8.85. The minimum Gasteiger partial charge on any atom is -0.481 e. The molecule has 1 amide bonds. The number of nitrogens with zero attached hydrogens (tertiary/aromatic N) is 1. The molecule has 1 saturated heterocycles. The Labute approximate surface area is 111 Å². The van der Waals surface area contributed by atoms with Gasteiger partial charge in [0, 0.05) is 24.7 Å². The maximum Gasteiger partial charge on any atom is 0.573 e. The molecule has 1 atom stereocenters. The second kappa shape index (κ2) is 5.03. The van der Waals surface area contributed by atoms with Crippen LogP contribution >= 0.6 is 0 Å². The predicted molar refractivity (Wildman–Crippen MR) is 61.2 cm³/mol. The highest BCUT2D eigenvalue weighted by Gasteiger charge is 2.36. The number of carboxylic acid groups (broad SMARTS) is 1. The second-order valence-corrected chi connectivity index (χ2v) is 4.29. The Morgan fingerprint density at radius 1 is 1.40 bits per heavy atom. The molecule has 5 nitrogen and oxygen atoms in total. The zero-order valence-corrected chi connectivity index (χ0v) is 10.1. The lowest BCUT2D eigenvalue weighted by Gasteiger charge is -2.17. The Kier molecular flexibility index (Phi) is 3.56. The first-order chi connectivity index (χ1) is 9.26. The van der Waals surface area contributed by atoms with Gasteiger partial charge in [0.05, 0.1) is 5.92 Å². The van der Waals surface area contributed by atoms with Crippen LogP contribution in [-0.4, -0.2) is 29.9 Å². The van der Waals surface area contributed by atoms with Crippen LogP contribution in [0.4, 0.5) is 18.9 Å². The van der Waals surface area contributed by atoms with E-state index in [0.29, 0.717) is 0 Å². The van der Waals surface area contributed by atoms with Gasteiger partial charge >= 0.3 is 12.3 Å². The van der Waals surface area contributed by atoms with Crippen LogP contribution in [0.15, 0.2) is 24.3 Å². The fraction of sp³-hybridized carbons (Fsp3) is 0.333. The van der Waals surface area contributed by atoms with Gasteiger partial charge in [0.2, 0.25) is 5.91 Å². The molecule has 20 heavy (non-hydrogen) atoms. The third kappa shape index (κ3) is 3.19. The van der Waals surface area contributed by atoms with Crippen LogP contribution < -0.4 is 9.64 Å². The van der Waals surface area contributed by atoms with Gasteiger partial charge in [-0.2, -0.15) is 0 Å². The van der Waals surface area contributed by atoms with Gasteiger partial charge in [-0.05, 0) is 12.1 Å². The molecule has 0 radical (unpaired) electrons. The maximum absolute atomic E-state index is 12.1. The summed E-state index contributed by atoms with van der Waals surface area (Å²) < 4.78 is 40.1. The van der Waals surface area contributed by atoms with E-state index < -0.39 is 29.9 Å². The molecule has 1 aliphatic heterocycles. The number of aliphatic carboxylic acids is 1. The molecular weight excluding hydrogens is 279 g/mol. The summed E-state index contributed by atoms with van der Waals surface area (Å²) in [7, 11) is 0. The molecule has 1 N–H and O–H groups in total. The SMILES string of the molecule is O=C(O)[C@@H]1CC(=O)N(c2cccc(OC(F)(F)F)c2)C1. The first kappa shape index (κ1) is 14.2. The number of carboxylic acids is 1. The van der Waals surface area contributed by atoms with Crippen LogP contribution in [0, 0.1) is 5.92 Å². The number of alkyl halides is 3. The lowest BCUT2D eigenvalue weighted by molar-refractivity contribution is -0.274. The first-order valence-corrected chi connectivity index (χ1v) is 5.65. The van der Waals surface area contributed by atoms with E-state index in [2.05, 4.69) is 4.74 Å². The third-order valence-corrected chi connectivity index (χ3v) is 2.84. The summed E-state index contributed by atoms with van der Waals surface area (Å²) in [4.78, 5) is 23.7. The van der Waals surface area contributed by atoms with E-state index in [9.17, 15) is 22.8 Å². The smallest absolute Gasteiger partial charge is 0.481 e. The molecule has 1 heterocycles. The molecule has 0 aromatic heterocycles. The molecule has 0 unspecified atom stereocenters. The number of carbonyl (C=O) groups excluding carboxylic acids is 1. The van der Waals surface area contributed by atoms with Crippen molar-refractivity contribution in [2.45, 2.75) is 12.8 Å². The molecule has 1 aliphatic rings. The quantitative estimate of drug-likeness (QED) is 0.924. The fourth-order valence-corrected chi connectivity index (χ4v) is 1.97. The van der Waals surface area contributed by atoms with Crippen LogP contribution in [0.25, 0.3) is 0 Å². The van der Waals surface area contributed by atoms with Crippen molar-refractivity contribution in [1.82, 2.24) is 0 Å². The number of hydrogen-bond acceptors (Lipinski definition) is 3. The highest BCUT2D eigenvalue weighted by molar-refractivity contribution is 5.99. The number of benzene rings is 1. The molecule has 108 valence electrons. The average Bonchev–Trinajstić information content (AvgIpc) is 2.69. The molecule has 8 heteroatoms. The Bertz CT molecular complexity index is 544. The topological polar surface area (TPSA) is 66.8 Å². The van der Waals surface area contributed by atoms with Gasteiger partial charge in [-0.15, -0.1) is 13.2 Å². The Balaban J connectivity index is 2.19. The second-order valence-electron chi connectivity index (χ2n) is 4.29. The van der Waals surface area contributed by atoms with Gasteiger partial charge in [-0.1, -0.05) is 6.07 Å². The minimum atomic E-state index is -4.82. The van der Waals surface area contributed by atoms with Crippen molar-refractivity contribution in [1.29, 1.82) is 0 Å². The Morgan fingerprint density at radius 3 is 2.65 bits per heavy atom. The van der Waals surface area contributed by atoms with Crippen molar-refractivity contribution in [3.63, 3.8) is 0 Å². The van der Waals surface area contributed by atoms with E-state index >= 15 is 0 Å². The average molecular weight is 289 g/mol. The molecule has 1 aromatic carbocycles. The standard InChI is InChI=1S/C12H10F3NO4/c13-12(14,15)20-9-3-1-2-8(5-9)16-6-7(11(18)19)4-10(16)17/h1-3,5,7H,4,6H2,(H,18,19)/t7-/m1/s1. The van der Waals surface area contributed by atoms with E-state index in [1.165, 1.54) is 12.1 Å². The summed E-state index contributed by atoms with van der Waals surface area (Å²) in [5.41, 5.74) is 0.181. The van der Waals surface area contributed by atoms with Gasteiger partial charge in [0.1, 0.15) is 5.75 Å². The van der Waals surface area contributed by atoms with Gasteiger partial charge in [-0.3, -0.25) is 9.59 Å². The molecule has 0 aliphatic carbocycles. The lowest BCUT2D eigenvalue weighted by Crippen LogP contribution is -2.26. The molecular formula is C12H10F3NO4. The minimum absolute atomic E-state index is 0.0658. The lowest BCUT2D eigenvalue weighted by atomic mass is 10.1. The van der Waals surface area contributed by atoms with Crippen molar-refractivity contribution < 1.29 is 32.6 Å². The van der Waals surface area contributed by atoms with E-state index in [0.717, 1.165) is 17.0 Å². The molecule has 1 fully saturated rings. The molecule has 0 saturated carbocycles. The normalized spacial score (nSPS) is 19.2. The van der Waals surface area contributed by atoms with E-state index in [1.807, 2.05) is 0 Å². The van der Waals surface area contributed by atoms with Crippen molar-refractivity contribution in [2.24, 2.45) is 5.92 Å². The summed E-state index contributed by atoms with van der Waals surface area (Å²) in [5.74, 6) is -2.86. The van der Waals surface area contributed by atoms with Crippen molar-refractivity contribution in [2.75, 3.05) is 11.4 Å². The van der Waals surface area contributed by atoms with Gasteiger partial charge in [-0.25, -0.2) is 0 Å². The van der Waals surface area contributed by atoms with E-state index in [1.54, 1.807) is 0 Å². The highest BCUT2D eigenvalue weighted by atomic mass is 19.4. The van der Waals surface area contributed by atoms with Crippen LogP contribution in [0.1, 0.15) is 6.42 Å². The van der Waals surface area contributed by atoms with E-state index in [-0.39, 0.29) is 18.7 Å². The van der Waals surface area contributed by atoms with Gasteiger partial charge < -0.3 is 14.7 Å². The Morgan fingerprint density at radius 2 is 2.10 bits per heavy atom. The van der Waals surface area contributed by atoms with Gasteiger partial charge in [0.25, 0.3) is 0 Å². The predicted octanol–water partition coefficient (Wildman–Crippen LogP) is 2.02. The number of ether oxygens (including phenoxy) is 1. The largest absolute Gasteiger partial charge is 0.573 e. The summed E-state index contributed by atoms with van der Waals surface area (Å²) >= 11 is 0. The maximum atomic E-state index is 12.1. The molecule has 0 spiro atoms. The van der Waals surface area contributed by atoms with Crippen LogP contribution in [-0.2, 0) is 9.59 Å². The van der Waals surface area contributed by atoms with Gasteiger partial charge in [0.15, 0.2) is 0 Å². The zero-order chi connectivity index (χ0) is 14.9.